The summed E-state index contributed by atoms with van der Waals surface area (Å²) in [4.78, 5) is 13.5. The first-order chi connectivity index (χ1) is 5.90. The molecule has 13 heavy (non-hydrogen) atoms. The number of carbonyl (C=O) groups excluding carboxylic acids is 1. The monoisotopic (exact) mass is 183 g/mol. The molecule has 1 atom stereocenters. The lowest BCUT2D eigenvalue weighted by molar-refractivity contribution is -0.129. The molecule has 0 radical (unpaired) electrons. The molecular formula is C11H21NO. The summed E-state index contributed by atoms with van der Waals surface area (Å²) in [5.41, 5.74) is 0.322. The minimum absolute atomic E-state index is 0.322. The van der Waals surface area contributed by atoms with Gasteiger partial charge in [0.25, 0.3) is 0 Å². The summed E-state index contributed by atoms with van der Waals surface area (Å²) >= 11 is 0. The van der Waals surface area contributed by atoms with E-state index in [4.69, 9.17) is 0 Å². The third kappa shape index (κ3) is 3.02. The largest absolute Gasteiger partial charge is 0.340 e. The molecule has 1 fully saturated rings. The van der Waals surface area contributed by atoms with Crippen molar-refractivity contribution in [2.75, 3.05) is 6.54 Å². The molecule has 0 aromatic rings. The van der Waals surface area contributed by atoms with E-state index < -0.39 is 0 Å². The molecule has 1 unspecified atom stereocenters. The van der Waals surface area contributed by atoms with E-state index in [0.717, 1.165) is 25.8 Å². The molecule has 2 nitrogen and oxygen atoms in total. The van der Waals surface area contributed by atoms with E-state index in [2.05, 4.69) is 27.7 Å². The van der Waals surface area contributed by atoms with Crippen molar-refractivity contribution in [3.63, 3.8) is 0 Å². The van der Waals surface area contributed by atoms with Gasteiger partial charge >= 0.3 is 0 Å². The van der Waals surface area contributed by atoms with Gasteiger partial charge in [0.05, 0.1) is 0 Å². The highest BCUT2D eigenvalue weighted by atomic mass is 16.2. The fraction of sp³-hybridized carbons (Fsp3) is 0.909. The molecule has 0 bridgehead atoms. The van der Waals surface area contributed by atoms with Gasteiger partial charge in [-0.05, 0) is 25.2 Å². The van der Waals surface area contributed by atoms with Crippen LogP contribution in [0.2, 0.25) is 0 Å². The van der Waals surface area contributed by atoms with Gasteiger partial charge in [-0.1, -0.05) is 20.8 Å². The molecule has 0 spiro atoms. The number of carbonyl (C=O) groups is 1. The quantitative estimate of drug-likeness (QED) is 0.644. The fourth-order valence-corrected chi connectivity index (χ4v) is 2.13. The minimum atomic E-state index is 0.322. The molecule has 2 heteroatoms. The SMILES string of the molecule is CC(CC(C)(C)C)N1CCCC1=O. The third-order valence-corrected chi connectivity index (χ3v) is 2.55. The maximum absolute atomic E-state index is 11.4. The molecular weight excluding hydrogens is 162 g/mol. The van der Waals surface area contributed by atoms with Crippen molar-refractivity contribution in [2.24, 2.45) is 5.41 Å². The van der Waals surface area contributed by atoms with E-state index in [0.29, 0.717) is 17.4 Å². The predicted molar refractivity (Wildman–Crippen MR) is 54.5 cm³/mol. The maximum atomic E-state index is 11.4. The standard InChI is InChI=1S/C11H21NO/c1-9(8-11(2,3)4)12-7-5-6-10(12)13/h9H,5-8H2,1-4H3. The lowest BCUT2D eigenvalue weighted by atomic mass is 9.88. The molecule has 1 heterocycles. The van der Waals surface area contributed by atoms with Gasteiger partial charge in [-0.15, -0.1) is 0 Å². The average molecular weight is 183 g/mol. The summed E-state index contributed by atoms with van der Waals surface area (Å²) in [6.45, 7) is 9.81. The van der Waals surface area contributed by atoms with Gasteiger partial charge < -0.3 is 4.90 Å². The van der Waals surface area contributed by atoms with Gasteiger partial charge in [0.1, 0.15) is 0 Å². The second kappa shape index (κ2) is 3.69. The molecule has 76 valence electrons. The van der Waals surface area contributed by atoms with Gasteiger partial charge in [-0.2, -0.15) is 0 Å². The summed E-state index contributed by atoms with van der Waals surface area (Å²) in [6, 6.07) is 0.412. The van der Waals surface area contributed by atoms with Crippen molar-refractivity contribution in [3.05, 3.63) is 0 Å². The van der Waals surface area contributed by atoms with Crippen molar-refractivity contribution in [2.45, 2.75) is 53.0 Å². The molecule has 0 N–H and O–H groups in total. The van der Waals surface area contributed by atoms with Crippen LogP contribution in [0.3, 0.4) is 0 Å². The molecule has 0 aliphatic carbocycles. The smallest absolute Gasteiger partial charge is 0.222 e. The topological polar surface area (TPSA) is 20.3 Å². The first kappa shape index (κ1) is 10.6. The number of nitrogens with zero attached hydrogens (tertiary/aromatic N) is 1. The first-order valence-corrected chi connectivity index (χ1v) is 5.19. The Morgan fingerprint density at radius 2 is 2.08 bits per heavy atom. The van der Waals surface area contributed by atoms with Crippen LogP contribution in [0.1, 0.15) is 47.0 Å². The third-order valence-electron chi connectivity index (χ3n) is 2.55. The first-order valence-electron chi connectivity index (χ1n) is 5.19. The highest BCUT2D eigenvalue weighted by Gasteiger charge is 2.27. The number of hydrogen-bond acceptors (Lipinski definition) is 1. The van der Waals surface area contributed by atoms with E-state index in [1.807, 2.05) is 4.90 Å². The highest BCUT2D eigenvalue weighted by Crippen LogP contribution is 2.25. The molecule has 1 saturated heterocycles. The zero-order chi connectivity index (χ0) is 10.1. The van der Waals surface area contributed by atoms with Gasteiger partial charge in [0.2, 0.25) is 5.91 Å². The Labute approximate surface area is 81.3 Å². The Kier molecular flexibility index (Phi) is 2.99. The van der Waals surface area contributed by atoms with Crippen LogP contribution in [0.5, 0.6) is 0 Å². The van der Waals surface area contributed by atoms with Crippen LogP contribution in [0, 0.1) is 5.41 Å². The molecule has 1 rings (SSSR count). The van der Waals surface area contributed by atoms with E-state index in [1.54, 1.807) is 0 Å². The van der Waals surface area contributed by atoms with Gasteiger partial charge in [-0.3, -0.25) is 4.79 Å². The van der Waals surface area contributed by atoms with Crippen LogP contribution in [0.25, 0.3) is 0 Å². The number of amides is 1. The Morgan fingerprint density at radius 3 is 2.46 bits per heavy atom. The minimum Gasteiger partial charge on any atom is -0.340 e. The predicted octanol–water partition coefficient (Wildman–Crippen LogP) is 2.43. The normalized spacial score (nSPS) is 20.9. The van der Waals surface area contributed by atoms with Crippen molar-refractivity contribution in [3.8, 4) is 0 Å². The second-order valence-electron chi connectivity index (χ2n) is 5.30. The number of rotatable bonds is 2. The van der Waals surface area contributed by atoms with Crippen molar-refractivity contribution in [1.29, 1.82) is 0 Å². The van der Waals surface area contributed by atoms with Crippen LogP contribution in [0.4, 0.5) is 0 Å². The Hall–Kier alpha value is -0.530. The van der Waals surface area contributed by atoms with E-state index in [1.165, 1.54) is 0 Å². The molecule has 1 aliphatic rings. The molecule has 1 aliphatic heterocycles. The Morgan fingerprint density at radius 1 is 1.46 bits per heavy atom. The Bertz CT molecular complexity index is 193. The lowest BCUT2D eigenvalue weighted by Gasteiger charge is -2.30. The van der Waals surface area contributed by atoms with Gasteiger partial charge in [0.15, 0.2) is 0 Å². The second-order valence-corrected chi connectivity index (χ2v) is 5.30. The van der Waals surface area contributed by atoms with Crippen LogP contribution in [-0.4, -0.2) is 23.4 Å². The van der Waals surface area contributed by atoms with Crippen LogP contribution >= 0.6 is 0 Å². The van der Waals surface area contributed by atoms with E-state index in [9.17, 15) is 4.79 Å². The zero-order valence-corrected chi connectivity index (χ0v) is 9.26. The summed E-state index contributed by atoms with van der Waals surface area (Å²) < 4.78 is 0. The fourth-order valence-electron chi connectivity index (χ4n) is 2.13. The Balaban J connectivity index is 2.47. The molecule has 0 aromatic heterocycles. The van der Waals surface area contributed by atoms with Crippen LogP contribution in [0.15, 0.2) is 0 Å². The summed E-state index contributed by atoms with van der Waals surface area (Å²) in [5, 5.41) is 0. The zero-order valence-electron chi connectivity index (χ0n) is 9.26. The van der Waals surface area contributed by atoms with Crippen molar-refractivity contribution in [1.82, 2.24) is 4.90 Å². The molecule has 1 amide bonds. The summed E-state index contributed by atoms with van der Waals surface area (Å²) in [6.07, 6.45) is 2.90. The number of hydrogen-bond donors (Lipinski definition) is 0. The summed E-state index contributed by atoms with van der Waals surface area (Å²) in [5.74, 6) is 0.344. The molecule has 0 aromatic carbocycles. The van der Waals surface area contributed by atoms with E-state index >= 15 is 0 Å². The van der Waals surface area contributed by atoms with Crippen LogP contribution < -0.4 is 0 Å². The average Bonchev–Trinajstić information content (AvgIpc) is 2.30. The van der Waals surface area contributed by atoms with Gasteiger partial charge in [-0.25, -0.2) is 0 Å². The van der Waals surface area contributed by atoms with Crippen LogP contribution in [-0.2, 0) is 4.79 Å². The summed E-state index contributed by atoms with van der Waals surface area (Å²) in [7, 11) is 0. The van der Waals surface area contributed by atoms with Gasteiger partial charge in [0, 0.05) is 19.0 Å². The molecule has 0 saturated carbocycles. The lowest BCUT2D eigenvalue weighted by Crippen LogP contribution is -2.36. The van der Waals surface area contributed by atoms with Crippen molar-refractivity contribution >= 4 is 5.91 Å². The van der Waals surface area contributed by atoms with Crippen molar-refractivity contribution < 1.29 is 4.79 Å². The maximum Gasteiger partial charge on any atom is 0.222 e. The number of likely N-dealkylation sites (tertiary alicyclic amines) is 1. The van der Waals surface area contributed by atoms with E-state index in [-0.39, 0.29) is 0 Å². The highest BCUT2D eigenvalue weighted by molar-refractivity contribution is 5.78.